The van der Waals surface area contributed by atoms with E-state index in [1.54, 1.807) is 13.8 Å². The maximum absolute atomic E-state index is 12.3. The molecular weight excluding hydrogens is 302 g/mol. The first kappa shape index (κ1) is 16.5. The van der Waals surface area contributed by atoms with Gasteiger partial charge < -0.3 is 14.8 Å². The fraction of sp³-hybridized carbons (Fsp3) is 0.333. The van der Waals surface area contributed by atoms with Gasteiger partial charge in [-0.2, -0.15) is 5.10 Å². The molecule has 2 N–H and O–H groups in total. The van der Waals surface area contributed by atoms with E-state index in [-0.39, 0.29) is 23.4 Å². The maximum Gasteiger partial charge on any atom is 0.339 e. The zero-order valence-electron chi connectivity index (χ0n) is 13.3. The number of amides is 1. The van der Waals surface area contributed by atoms with Crippen LogP contribution in [-0.4, -0.2) is 26.8 Å². The van der Waals surface area contributed by atoms with E-state index in [1.165, 1.54) is 20.0 Å². The van der Waals surface area contributed by atoms with Gasteiger partial charge in [-0.15, -0.1) is 0 Å². The first-order valence-corrected chi connectivity index (χ1v) is 6.87. The molecule has 0 atom stereocenters. The third-order valence-electron chi connectivity index (χ3n) is 3.57. The molecule has 23 heavy (non-hydrogen) atoms. The van der Waals surface area contributed by atoms with Gasteiger partial charge in [-0.3, -0.25) is 9.59 Å². The van der Waals surface area contributed by atoms with E-state index >= 15 is 0 Å². The van der Waals surface area contributed by atoms with Gasteiger partial charge in [-0.1, -0.05) is 0 Å². The molecule has 0 fully saturated rings. The lowest BCUT2D eigenvalue weighted by atomic mass is 10.1. The van der Waals surface area contributed by atoms with Crippen molar-refractivity contribution in [2.75, 3.05) is 0 Å². The molecule has 8 heteroatoms. The molecular formula is C15H17N3O5. The van der Waals surface area contributed by atoms with Crippen molar-refractivity contribution in [1.82, 2.24) is 15.1 Å². The molecule has 2 aromatic heterocycles. The van der Waals surface area contributed by atoms with Gasteiger partial charge in [0.2, 0.25) is 0 Å². The normalized spacial score (nSPS) is 10.6. The lowest BCUT2D eigenvalue weighted by Crippen LogP contribution is -2.34. The van der Waals surface area contributed by atoms with Crippen molar-refractivity contribution in [1.29, 1.82) is 0 Å². The predicted molar refractivity (Wildman–Crippen MR) is 80.5 cm³/mol. The topological polar surface area (TPSA) is 114 Å². The molecule has 2 rings (SSSR count). The van der Waals surface area contributed by atoms with Gasteiger partial charge in [0.15, 0.2) is 0 Å². The summed E-state index contributed by atoms with van der Waals surface area (Å²) in [7, 11) is 1.47. The van der Waals surface area contributed by atoms with Crippen molar-refractivity contribution in [2.45, 2.75) is 27.3 Å². The van der Waals surface area contributed by atoms with E-state index in [4.69, 9.17) is 9.52 Å². The van der Waals surface area contributed by atoms with Crippen molar-refractivity contribution in [3.8, 4) is 0 Å². The molecule has 0 spiro atoms. The Balaban J connectivity index is 2.23. The van der Waals surface area contributed by atoms with Gasteiger partial charge >= 0.3 is 5.97 Å². The highest BCUT2D eigenvalue weighted by atomic mass is 16.4. The lowest BCUT2D eigenvalue weighted by Gasteiger charge is -2.09. The Kier molecular flexibility index (Phi) is 4.35. The average molecular weight is 319 g/mol. The monoisotopic (exact) mass is 319 g/mol. The Labute approximate surface area is 131 Å². The fourth-order valence-electron chi connectivity index (χ4n) is 2.21. The smallest absolute Gasteiger partial charge is 0.339 e. The molecule has 0 saturated carbocycles. The van der Waals surface area contributed by atoms with Crippen LogP contribution in [0, 0.1) is 20.8 Å². The number of aromatic carboxylic acids is 1. The van der Waals surface area contributed by atoms with Crippen molar-refractivity contribution in [3.63, 3.8) is 0 Å². The third kappa shape index (κ3) is 3.15. The first-order valence-electron chi connectivity index (χ1n) is 6.87. The van der Waals surface area contributed by atoms with Crippen LogP contribution in [0.2, 0.25) is 0 Å². The van der Waals surface area contributed by atoms with Crippen LogP contribution in [0.4, 0.5) is 0 Å². The number of nitrogens with zero attached hydrogens (tertiary/aromatic N) is 2. The molecule has 0 aliphatic carbocycles. The van der Waals surface area contributed by atoms with Gasteiger partial charge in [-0.05, 0) is 32.4 Å². The van der Waals surface area contributed by atoms with Crippen LogP contribution in [0.5, 0.6) is 0 Å². The molecule has 8 nitrogen and oxygen atoms in total. The molecule has 2 aromatic rings. The number of nitrogens with one attached hydrogen (secondary N) is 1. The van der Waals surface area contributed by atoms with Crippen LogP contribution < -0.4 is 10.9 Å². The molecule has 0 saturated heterocycles. The van der Waals surface area contributed by atoms with E-state index in [0.717, 1.165) is 4.68 Å². The van der Waals surface area contributed by atoms with E-state index in [2.05, 4.69) is 10.4 Å². The lowest BCUT2D eigenvalue weighted by molar-refractivity contribution is 0.0694. The van der Waals surface area contributed by atoms with Crippen molar-refractivity contribution >= 4 is 11.9 Å². The minimum absolute atomic E-state index is 0.0155. The van der Waals surface area contributed by atoms with Crippen LogP contribution in [0.3, 0.4) is 0 Å². The van der Waals surface area contributed by atoms with Crippen molar-refractivity contribution in [2.24, 2.45) is 7.05 Å². The molecule has 0 radical (unpaired) electrons. The highest BCUT2D eigenvalue weighted by molar-refractivity contribution is 5.95. The van der Waals surface area contributed by atoms with E-state index < -0.39 is 17.4 Å². The number of rotatable bonds is 4. The summed E-state index contributed by atoms with van der Waals surface area (Å²) in [5, 5.41) is 15.5. The summed E-state index contributed by atoms with van der Waals surface area (Å²) in [6.45, 7) is 4.87. The summed E-state index contributed by atoms with van der Waals surface area (Å²) in [4.78, 5) is 35.3. The van der Waals surface area contributed by atoms with Crippen LogP contribution in [-0.2, 0) is 13.6 Å². The van der Waals surface area contributed by atoms with E-state index in [9.17, 15) is 14.4 Å². The Hall–Kier alpha value is -2.90. The molecule has 0 aliphatic rings. The highest BCUT2D eigenvalue weighted by Crippen LogP contribution is 2.14. The molecule has 0 unspecified atom stereocenters. The second-order valence-electron chi connectivity index (χ2n) is 5.18. The number of carboxylic acid groups (broad SMARTS) is 1. The molecule has 2 heterocycles. The summed E-state index contributed by atoms with van der Waals surface area (Å²) in [5.74, 6) is -1.10. The first-order chi connectivity index (χ1) is 10.7. The minimum atomic E-state index is -1.10. The number of carboxylic acids is 1. The maximum atomic E-state index is 12.3. The Bertz CT molecular complexity index is 848. The molecule has 0 aliphatic heterocycles. The van der Waals surface area contributed by atoms with Gasteiger partial charge in [0, 0.05) is 7.05 Å². The SMILES string of the molecule is Cc1nn(C)c(=O)c(C(=O)NCc2cc(C(=O)O)c(C)o2)c1C. The summed E-state index contributed by atoms with van der Waals surface area (Å²) >= 11 is 0. The second kappa shape index (κ2) is 6.07. The predicted octanol–water partition coefficient (Wildman–Crippen LogP) is 0.927. The number of hydrogen-bond acceptors (Lipinski definition) is 5. The standard InChI is InChI=1S/C15H17N3O5/c1-7-8(2)17-18(4)14(20)12(7)13(19)16-6-10-5-11(15(21)22)9(3)23-10/h5H,6H2,1-4H3,(H,16,19)(H,21,22). The molecule has 0 aromatic carbocycles. The zero-order valence-corrected chi connectivity index (χ0v) is 13.3. The highest BCUT2D eigenvalue weighted by Gasteiger charge is 2.19. The Morgan fingerprint density at radius 3 is 2.57 bits per heavy atom. The number of carbonyl (C=O) groups is 2. The Morgan fingerprint density at radius 2 is 2.00 bits per heavy atom. The van der Waals surface area contributed by atoms with E-state index in [0.29, 0.717) is 17.0 Å². The average Bonchev–Trinajstić information content (AvgIpc) is 2.84. The third-order valence-corrected chi connectivity index (χ3v) is 3.57. The minimum Gasteiger partial charge on any atom is -0.478 e. The largest absolute Gasteiger partial charge is 0.478 e. The van der Waals surface area contributed by atoms with Gasteiger partial charge in [-0.25, -0.2) is 9.48 Å². The summed E-state index contributed by atoms with van der Waals surface area (Å²) in [5.41, 5.74) is 0.655. The fourth-order valence-corrected chi connectivity index (χ4v) is 2.21. The number of aryl methyl sites for hydroxylation is 3. The summed E-state index contributed by atoms with van der Waals surface area (Å²) < 4.78 is 6.39. The van der Waals surface area contributed by atoms with Gasteiger partial charge in [0.25, 0.3) is 11.5 Å². The molecule has 1 amide bonds. The number of carbonyl (C=O) groups excluding carboxylic acids is 1. The molecule has 0 bridgehead atoms. The number of furan rings is 1. The summed E-state index contributed by atoms with van der Waals surface area (Å²) in [6, 6.07) is 1.35. The van der Waals surface area contributed by atoms with Crippen molar-refractivity contribution in [3.05, 3.63) is 50.3 Å². The van der Waals surface area contributed by atoms with Crippen LogP contribution in [0.15, 0.2) is 15.3 Å². The van der Waals surface area contributed by atoms with Crippen LogP contribution >= 0.6 is 0 Å². The second-order valence-corrected chi connectivity index (χ2v) is 5.18. The van der Waals surface area contributed by atoms with Crippen molar-refractivity contribution < 1.29 is 19.1 Å². The van der Waals surface area contributed by atoms with Gasteiger partial charge in [0.1, 0.15) is 22.6 Å². The van der Waals surface area contributed by atoms with Gasteiger partial charge in [0.05, 0.1) is 12.2 Å². The zero-order chi connectivity index (χ0) is 17.3. The van der Waals surface area contributed by atoms with E-state index in [1.807, 2.05) is 0 Å². The quantitative estimate of drug-likeness (QED) is 0.866. The number of aromatic nitrogens is 2. The summed E-state index contributed by atoms with van der Waals surface area (Å²) in [6.07, 6.45) is 0. The molecule has 122 valence electrons. The number of hydrogen-bond donors (Lipinski definition) is 2. The van der Waals surface area contributed by atoms with Crippen LogP contribution in [0.25, 0.3) is 0 Å². The van der Waals surface area contributed by atoms with Crippen LogP contribution in [0.1, 0.15) is 43.5 Å². The Morgan fingerprint density at radius 1 is 1.35 bits per heavy atom.